The molecule has 0 spiro atoms. The maximum absolute atomic E-state index is 9.55. The highest BCUT2D eigenvalue weighted by molar-refractivity contribution is 5.89. The van der Waals surface area contributed by atoms with Gasteiger partial charge in [-0.15, -0.1) is 0 Å². The second kappa shape index (κ2) is 7.96. The molecular formula is C14H18N2O4. The van der Waals surface area contributed by atoms with Gasteiger partial charge in [0.25, 0.3) is 0 Å². The summed E-state index contributed by atoms with van der Waals surface area (Å²) in [5.41, 5.74) is 2.71. The van der Waals surface area contributed by atoms with Crippen molar-refractivity contribution in [1.29, 1.82) is 0 Å². The number of anilines is 1. The van der Waals surface area contributed by atoms with Gasteiger partial charge < -0.3 is 20.8 Å². The van der Waals surface area contributed by atoms with Gasteiger partial charge in [0, 0.05) is 30.4 Å². The Bertz CT molecular complexity index is 484. The fraction of sp³-hybridized carbons (Fsp3) is 0.286. The fourth-order valence-corrected chi connectivity index (χ4v) is 1.79. The van der Waals surface area contributed by atoms with Crippen molar-refractivity contribution in [3.8, 4) is 0 Å². The molecule has 0 radical (unpaired) electrons. The van der Waals surface area contributed by atoms with Gasteiger partial charge in [-0.1, -0.05) is 18.2 Å². The van der Waals surface area contributed by atoms with Crippen LogP contribution in [-0.2, 0) is 16.0 Å². The molecule has 6 nitrogen and oxygen atoms in total. The molecule has 4 N–H and O–H groups in total. The topological polar surface area (TPSA) is 98.7 Å². The molecule has 1 aliphatic heterocycles. The largest absolute Gasteiger partial charge is 0.478 e. The molecule has 1 aliphatic rings. The Morgan fingerprint density at radius 1 is 1.25 bits per heavy atom. The molecule has 1 heterocycles. The second-order valence-electron chi connectivity index (χ2n) is 4.24. The Hall–Kier alpha value is -2.34. The van der Waals surface area contributed by atoms with Crippen molar-refractivity contribution in [2.75, 3.05) is 18.9 Å². The van der Waals surface area contributed by atoms with Crippen LogP contribution in [0.15, 0.2) is 36.4 Å². The number of nitrogens with one attached hydrogen (secondary N) is 2. The summed E-state index contributed by atoms with van der Waals surface area (Å²) in [6.45, 7) is 1.04. The molecule has 1 aromatic rings. The summed E-state index contributed by atoms with van der Waals surface area (Å²) in [6.07, 6.45) is 2.25. The van der Waals surface area contributed by atoms with E-state index in [4.69, 9.17) is 10.2 Å². The van der Waals surface area contributed by atoms with Gasteiger partial charge in [0.15, 0.2) is 0 Å². The second-order valence-corrected chi connectivity index (χ2v) is 4.24. The Morgan fingerprint density at radius 2 is 1.85 bits per heavy atom. The van der Waals surface area contributed by atoms with Crippen molar-refractivity contribution in [2.45, 2.75) is 12.5 Å². The van der Waals surface area contributed by atoms with Crippen LogP contribution >= 0.6 is 0 Å². The highest BCUT2D eigenvalue weighted by Gasteiger charge is 2.14. The van der Waals surface area contributed by atoms with Crippen LogP contribution < -0.4 is 10.6 Å². The van der Waals surface area contributed by atoms with E-state index < -0.39 is 11.9 Å². The molecule has 2 rings (SSSR count). The average molecular weight is 278 g/mol. The monoisotopic (exact) mass is 278 g/mol. The van der Waals surface area contributed by atoms with Crippen LogP contribution in [0.3, 0.4) is 0 Å². The number of aliphatic carboxylic acids is 2. The molecule has 0 aromatic heterocycles. The lowest BCUT2D eigenvalue weighted by Gasteiger charge is -2.25. The van der Waals surface area contributed by atoms with Gasteiger partial charge in [0.05, 0.1) is 0 Å². The first-order valence-electron chi connectivity index (χ1n) is 6.16. The van der Waals surface area contributed by atoms with Crippen LogP contribution in [0, 0.1) is 0 Å². The highest BCUT2D eigenvalue weighted by Crippen LogP contribution is 2.20. The first-order valence-corrected chi connectivity index (χ1v) is 6.16. The van der Waals surface area contributed by atoms with Crippen LogP contribution in [0.5, 0.6) is 0 Å². The van der Waals surface area contributed by atoms with E-state index in [0.29, 0.717) is 18.2 Å². The number of fused-ring (bicyclic) bond motifs is 1. The third-order valence-corrected chi connectivity index (χ3v) is 2.80. The molecule has 108 valence electrons. The number of rotatable bonds is 3. The first kappa shape index (κ1) is 15.7. The maximum Gasteiger partial charge on any atom is 0.328 e. The van der Waals surface area contributed by atoms with Gasteiger partial charge in [-0.3, -0.25) is 0 Å². The Kier molecular flexibility index (Phi) is 6.25. The molecule has 1 aromatic carbocycles. The van der Waals surface area contributed by atoms with Crippen molar-refractivity contribution in [3.05, 3.63) is 42.0 Å². The maximum atomic E-state index is 9.55. The number of carboxylic acids is 2. The number of carbonyl (C=O) groups is 2. The SMILES string of the molecule is CN[C@H]1CNc2ccccc2C1.O=C(O)C=CC(=O)O. The minimum Gasteiger partial charge on any atom is -0.478 e. The number of para-hydroxylation sites is 1. The van der Waals surface area contributed by atoms with E-state index in [9.17, 15) is 9.59 Å². The van der Waals surface area contributed by atoms with Crippen molar-refractivity contribution in [3.63, 3.8) is 0 Å². The molecule has 0 aliphatic carbocycles. The first-order chi connectivity index (χ1) is 9.52. The van der Waals surface area contributed by atoms with Crippen LogP contribution in [0.2, 0.25) is 0 Å². The van der Waals surface area contributed by atoms with Crippen molar-refractivity contribution in [2.24, 2.45) is 0 Å². The molecule has 0 saturated heterocycles. The highest BCUT2D eigenvalue weighted by atomic mass is 16.4. The molecule has 0 bridgehead atoms. The minimum absolute atomic E-state index is 0.558. The Morgan fingerprint density at radius 3 is 2.40 bits per heavy atom. The zero-order valence-corrected chi connectivity index (χ0v) is 11.2. The lowest BCUT2D eigenvalue weighted by atomic mass is 10.0. The van der Waals surface area contributed by atoms with E-state index in [0.717, 1.165) is 13.0 Å². The fourth-order valence-electron chi connectivity index (χ4n) is 1.79. The molecule has 1 atom stereocenters. The van der Waals surface area contributed by atoms with E-state index in [-0.39, 0.29) is 0 Å². The number of carboxylic acid groups (broad SMARTS) is 2. The summed E-state index contributed by atoms with van der Waals surface area (Å²) in [6, 6.07) is 9.08. The average Bonchev–Trinajstić information content (AvgIpc) is 2.45. The summed E-state index contributed by atoms with van der Waals surface area (Å²) in [5.74, 6) is -2.51. The summed E-state index contributed by atoms with van der Waals surface area (Å²) in [5, 5.41) is 22.3. The predicted molar refractivity (Wildman–Crippen MR) is 75.9 cm³/mol. The molecule has 0 unspecified atom stereocenters. The smallest absolute Gasteiger partial charge is 0.328 e. The molecule has 0 fully saturated rings. The van der Waals surface area contributed by atoms with E-state index in [1.54, 1.807) is 0 Å². The summed E-state index contributed by atoms with van der Waals surface area (Å²) in [7, 11) is 2.01. The zero-order valence-electron chi connectivity index (χ0n) is 11.2. The van der Waals surface area contributed by atoms with Gasteiger partial charge in [0.2, 0.25) is 0 Å². The number of likely N-dealkylation sites (N-methyl/N-ethyl adjacent to an activating group) is 1. The van der Waals surface area contributed by atoms with Crippen LogP contribution in [-0.4, -0.2) is 41.8 Å². The van der Waals surface area contributed by atoms with Gasteiger partial charge >= 0.3 is 11.9 Å². The van der Waals surface area contributed by atoms with Gasteiger partial charge in [-0.2, -0.15) is 0 Å². The zero-order chi connectivity index (χ0) is 15.0. The predicted octanol–water partition coefficient (Wildman–Crippen LogP) is 0.954. The number of hydrogen-bond acceptors (Lipinski definition) is 4. The van der Waals surface area contributed by atoms with Crippen molar-refractivity contribution < 1.29 is 19.8 Å². The normalized spacial score (nSPS) is 16.6. The third kappa shape index (κ3) is 5.53. The Balaban J connectivity index is 0.000000221. The van der Waals surface area contributed by atoms with E-state index in [1.165, 1.54) is 11.3 Å². The number of benzene rings is 1. The minimum atomic E-state index is -1.26. The van der Waals surface area contributed by atoms with E-state index in [2.05, 4.69) is 34.9 Å². The van der Waals surface area contributed by atoms with Crippen LogP contribution in [0.4, 0.5) is 5.69 Å². The van der Waals surface area contributed by atoms with Crippen LogP contribution in [0.25, 0.3) is 0 Å². The van der Waals surface area contributed by atoms with Gasteiger partial charge in [-0.25, -0.2) is 9.59 Å². The summed E-state index contributed by atoms with van der Waals surface area (Å²) < 4.78 is 0. The molecule has 20 heavy (non-hydrogen) atoms. The van der Waals surface area contributed by atoms with Gasteiger partial charge in [-0.05, 0) is 25.1 Å². The third-order valence-electron chi connectivity index (χ3n) is 2.80. The molecular weight excluding hydrogens is 260 g/mol. The molecule has 0 amide bonds. The lowest BCUT2D eigenvalue weighted by molar-refractivity contribution is -0.134. The quantitative estimate of drug-likeness (QED) is 0.615. The molecule has 0 saturated carbocycles. The van der Waals surface area contributed by atoms with E-state index >= 15 is 0 Å². The van der Waals surface area contributed by atoms with E-state index in [1.807, 2.05) is 7.05 Å². The standard InChI is InChI=1S/C10H14N2.C4H4O4/c1-11-9-6-8-4-2-3-5-10(8)12-7-9;5-3(6)1-2-4(7)8/h2-5,9,11-12H,6-7H2,1H3;1-2H,(H,5,6)(H,7,8)/t9-;/m1./s1. The number of hydrogen-bond donors (Lipinski definition) is 4. The molecule has 6 heteroatoms. The summed E-state index contributed by atoms with van der Waals surface area (Å²) in [4.78, 5) is 19.1. The summed E-state index contributed by atoms with van der Waals surface area (Å²) >= 11 is 0. The van der Waals surface area contributed by atoms with Gasteiger partial charge in [0.1, 0.15) is 0 Å². The van der Waals surface area contributed by atoms with Crippen LogP contribution in [0.1, 0.15) is 5.56 Å². The van der Waals surface area contributed by atoms with Crippen molar-refractivity contribution in [1.82, 2.24) is 5.32 Å². The van der Waals surface area contributed by atoms with Crippen molar-refractivity contribution >= 4 is 17.6 Å². The lowest BCUT2D eigenvalue weighted by Crippen LogP contribution is -2.37. The Labute approximate surface area is 117 Å².